The number of aryl methyl sites for hydroxylation is 1. The first-order chi connectivity index (χ1) is 6.98. The summed E-state index contributed by atoms with van der Waals surface area (Å²) < 4.78 is 0.875. The molecule has 0 saturated heterocycles. The molecule has 1 aromatic heterocycles. The van der Waals surface area contributed by atoms with Crippen molar-refractivity contribution in [3.8, 4) is 0 Å². The van der Waals surface area contributed by atoms with E-state index in [1.54, 1.807) is 0 Å². The van der Waals surface area contributed by atoms with Crippen LogP contribution in [0.25, 0.3) is 0 Å². The van der Waals surface area contributed by atoms with E-state index in [0.717, 1.165) is 35.4 Å². The van der Waals surface area contributed by atoms with Crippen molar-refractivity contribution < 1.29 is 4.73 Å². The fourth-order valence-electron chi connectivity index (χ4n) is 2.18. The van der Waals surface area contributed by atoms with Gasteiger partial charge in [-0.3, -0.25) is 0 Å². The van der Waals surface area contributed by atoms with Crippen molar-refractivity contribution in [2.24, 2.45) is 11.3 Å². The van der Waals surface area contributed by atoms with E-state index in [2.05, 4.69) is 31.0 Å². The maximum Gasteiger partial charge on any atom is 0.317 e. The van der Waals surface area contributed by atoms with Crippen LogP contribution in [0.5, 0.6) is 0 Å². The maximum atomic E-state index is 11.6. The van der Waals surface area contributed by atoms with Gasteiger partial charge in [0.05, 0.1) is 5.10 Å². The quantitative estimate of drug-likeness (QED) is 0.475. The Morgan fingerprint density at radius 2 is 2.20 bits per heavy atom. The second-order valence-corrected chi connectivity index (χ2v) is 5.36. The van der Waals surface area contributed by atoms with Crippen LogP contribution < -0.4 is 4.73 Å². The first-order valence-corrected chi connectivity index (χ1v) is 5.41. The predicted octanol–water partition coefficient (Wildman–Crippen LogP) is 1.26. The Morgan fingerprint density at radius 1 is 1.47 bits per heavy atom. The van der Waals surface area contributed by atoms with Crippen LogP contribution in [0.2, 0.25) is 0 Å². The highest BCUT2D eigenvalue weighted by molar-refractivity contribution is 5.10. The van der Waals surface area contributed by atoms with Gasteiger partial charge in [-0.05, 0) is 29.3 Å². The average Bonchev–Trinajstić information content (AvgIpc) is 2.16. The van der Waals surface area contributed by atoms with Crippen molar-refractivity contribution in [1.82, 2.24) is 10.2 Å². The number of rotatable bonds is 0. The third-order valence-corrected chi connectivity index (χ3v) is 3.33. The first kappa shape index (κ1) is 10.3. The summed E-state index contributed by atoms with van der Waals surface area (Å²) in [6, 6.07) is 0. The predicted molar refractivity (Wildman–Crippen MR) is 56.0 cm³/mol. The molecular formula is C11H17N3O. The molecule has 1 aromatic rings. The molecule has 4 heteroatoms. The van der Waals surface area contributed by atoms with E-state index < -0.39 is 0 Å². The van der Waals surface area contributed by atoms with Crippen molar-refractivity contribution in [3.63, 3.8) is 0 Å². The summed E-state index contributed by atoms with van der Waals surface area (Å²) in [5, 5.41) is 19.3. The Morgan fingerprint density at radius 3 is 2.87 bits per heavy atom. The normalized spacial score (nSPS) is 21.1. The molecule has 0 aromatic carbocycles. The summed E-state index contributed by atoms with van der Waals surface area (Å²) in [5.41, 5.74) is 1.96. The van der Waals surface area contributed by atoms with Gasteiger partial charge in [-0.25, -0.2) is 4.73 Å². The number of hydrogen-bond donors (Lipinski definition) is 0. The largest absolute Gasteiger partial charge is 0.711 e. The van der Waals surface area contributed by atoms with E-state index in [9.17, 15) is 5.21 Å². The lowest BCUT2D eigenvalue weighted by Gasteiger charge is -2.33. The molecule has 0 radical (unpaired) electrons. The fourth-order valence-corrected chi connectivity index (χ4v) is 2.18. The van der Waals surface area contributed by atoms with Crippen LogP contribution in [0.4, 0.5) is 0 Å². The summed E-state index contributed by atoms with van der Waals surface area (Å²) in [6.45, 7) is 6.69. The second kappa shape index (κ2) is 3.43. The van der Waals surface area contributed by atoms with Crippen LogP contribution >= 0.6 is 0 Å². The molecule has 15 heavy (non-hydrogen) atoms. The van der Waals surface area contributed by atoms with Gasteiger partial charge in [0, 0.05) is 6.42 Å². The molecule has 1 atom stereocenters. The van der Waals surface area contributed by atoms with Gasteiger partial charge in [0.15, 0.2) is 0 Å². The molecule has 0 bridgehead atoms. The minimum absolute atomic E-state index is 0.258. The van der Waals surface area contributed by atoms with Crippen LogP contribution in [-0.2, 0) is 12.8 Å². The topological polar surface area (TPSA) is 52.7 Å². The van der Waals surface area contributed by atoms with Gasteiger partial charge in [-0.1, -0.05) is 20.8 Å². The zero-order chi connectivity index (χ0) is 11.1. The minimum Gasteiger partial charge on any atom is -0.711 e. The molecule has 1 aliphatic carbocycles. The number of nitrogens with zero attached hydrogens (tertiary/aromatic N) is 3. The zero-order valence-corrected chi connectivity index (χ0v) is 9.53. The molecule has 1 heterocycles. The van der Waals surface area contributed by atoms with Gasteiger partial charge in [0.1, 0.15) is 11.4 Å². The maximum absolute atomic E-state index is 11.6. The summed E-state index contributed by atoms with van der Waals surface area (Å²) >= 11 is 0. The van der Waals surface area contributed by atoms with Crippen molar-refractivity contribution in [1.29, 1.82) is 0 Å². The highest BCUT2D eigenvalue weighted by Gasteiger charge is 2.32. The third-order valence-electron chi connectivity index (χ3n) is 3.33. The van der Waals surface area contributed by atoms with Gasteiger partial charge >= 0.3 is 6.33 Å². The highest BCUT2D eigenvalue weighted by Crippen LogP contribution is 2.35. The minimum atomic E-state index is 0.258. The smallest absolute Gasteiger partial charge is 0.317 e. The van der Waals surface area contributed by atoms with Crippen molar-refractivity contribution in [2.75, 3.05) is 0 Å². The molecule has 1 aliphatic rings. The Balaban J connectivity index is 2.30. The first-order valence-electron chi connectivity index (χ1n) is 5.41. The lowest BCUT2D eigenvalue weighted by molar-refractivity contribution is -0.619. The number of fused-ring (bicyclic) bond motifs is 1. The molecule has 0 saturated carbocycles. The summed E-state index contributed by atoms with van der Waals surface area (Å²) in [6.07, 6.45) is 4.07. The van der Waals surface area contributed by atoms with Crippen LogP contribution in [0.3, 0.4) is 0 Å². The van der Waals surface area contributed by atoms with Crippen molar-refractivity contribution >= 4 is 0 Å². The molecule has 0 N–H and O–H groups in total. The standard InChI is InChI=1S/C11H17N3O/c1-11(2,3)8-4-5-9-10(6-8)14(15)7-12-13-9/h7-8H,4-6H2,1-3H3. The van der Waals surface area contributed by atoms with Crippen LogP contribution in [0.15, 0.2) is 6.33 Å². The van der Waals surface area contributed by atoms with Gasteiger partial charge in [0.2, 0.25) is 0 Å². The van der Waals surface area contributed by atoms with E-state index >= 15 is 0 Å². The number of hydrogen-bond acceptors (Lipinski definition) is 3. The molecule has 2 rings (SSSR count). The van der Waals surface area contributed by atoms with E-state index in [1.807, 2.05) is 0 Å². The van der Waals surface area contributed by atoms with Gasteiger partial charge in [0.25, 0.3) is 0 Å². The van der Waals surface area contributed by atoms with Crippen LogP contribution in [-0.4, -0.2) is 10.2 Å². The lowest BCUT2D eigenvalue weighted by atomic mass is 9.72. The van der Waals surface area contributed by atoms with E-state index in [4.69, 9.17) is 0 Å². The zero-order valence-electron chi connectivity index (χ0n) is 9.53. The molecule has 0 aliphatic heterocycles. The second-order valence-electron chi connectivity index (χ2n) is 5.36. The van der Waals surface area contributed by atoms with Gasteiger partial charge in [-0.15, -0.1) is 0 Å². The van der Waals surface area contributed by atoms with Crippen molar-refractivity contribution in [2.45, 2.75) is 40.0 Å². The average molecular weight is 207 g/mol. The van der Waals surface area contributed by atoms with E-state index in [0.29, 0.717) is 5.92 Å². The molecule has 4 nitrogen and oxygen atoms in total. The third kappa shape index (κ3) is 1.94. The molecule has 1 unspecified atom stereocenters. The Labute approximate surface area is 89.9 Å². The summed E-state index contributed by atoms with van der Waals surface area (Å²) in [4.78, 5) is 0. The van der Waals surface area contributed by atoms with E-state index in [-0.39, 0.29) is 5.41 Å². The number of aromatic nitrogens is 3. The van der Waals surface area contributed by atoms with Crippen LogP contribution in [0.1, 0.15) is 38.6 Å². The summed E-state index contributed by atoms with van der Waals surface area (Å²) in [7, 11) is 0. The summed E-state index contributed by atoms with van der Waals surface area (Å²) in [5.74, 6) is 0.564. The van der Waals surface area contributed by atoms with Gasteiger partial charge in [-0.2, -0.15) is 0 Å². The van der Waals surface area contributed by atoms with Crippen LogP contribution in [0, 0.1) is 16.5 Å². The highest BCUT2D eigenvalue weighted by atomic mass is 16.5. The molecule has 0 amide bonds. The molecule has 82 valence electrons. The molecule has 0 fully saturated rings. The molecular weight excluding hydrogens is 190 g/mol. The monoisotopic (exact) mass is 207 g/mol. The lowest BCUT2D eigenvalue weighted by Crippen LogP contribution is -2.40. The van der Waals surface area contributed by atoms with Gasteiger partial charge < -0.3 is 5.21 Å². The molecule has 0 spiro atoms. The SMILES string of the molecule is CC(C)(C)C1CCc2nnc[n+]([O-])c2C1. The van der Waals surface area contributed by atoms with Crippen molar-refractivity contribution in [3.05, 3.63) is 22.9 Å². The Hall–Kier alpha value is -1.19. The Kier molecular flexibility index (Phi) is 2.37. The Bertz CT molecular complexity index is 371. The van der Waals surface area contributed by atoms with E-state index in [1.165, 1.54) is 6.33 Å². The fraction of sp³-hybridized carbons (Fsp3) is 0.727.